The third kappa shape index (κ3) is 4.49. The molecule has 3 N–H and O–H groups in total. The van der Waals surface area contributed by atoms with Crippen LogP contribution in [0.4, 0.5) is 0 Å². The summed E-state index contributed by atoms with van der Waals surface area (Å²) in [6.45, 7) is 6.08. The molecule has 1 fully saturated rings. The Bertz CT molecular complexity index is 335. The average molecular weight is 271 g/mol. The van der Waals surface area contributed by atoms with E-state index in [0.29, 0.717) is 25.7 Å². The van der Waals surface area contributed by atoms with Crippen LogP contribution in [-0.4, -0.2) is 34.7 Å². The topological polar surface area (TPSA) is 86.6 Å². The lowest BCUT2D eigenvalue weighted by molar-refractivity contribution is -0.141. The maximum absolute atomic E-state index is 12.2. The number of hydrogen-bond donors (Lipinski definition) is 3. The smallest absolute Gasteiger partial charge is 0.306 e. The molecule has 19 heavy (non-hydrogen) atoms. The van der Waals surface area contributed by atoms with Gasteiger partial charge < -0.3 is 15.5 Å². The van der Waals surface area contributed by atoms with Crippen molar-refractivity contribution in [3.8, 4) is 0 Å². The zero-order valence-electron chi connectivity index (χ0n) is 12.0. The van der Waals surface area contributed by atoms with Crippen LogP contribution in [0.1, 0.15) is 46.5 Å². The number of aliphatic hydroxyl groups excluding tert-OH is 1. The van der Waals surface area contributed by atoms with E-state index in [2.05, 4.69) is 5.32 Å². The summed E-state index contributed by atoms with van der Waals surface area (Å²) in [7, 11) is 0. The number of aliphatic hydroxyl groups is 1. The van der Waals surface area contributed by atoms with E-state index < -0.39 is 5.97 Å². The molecule has 5 heteroatoms. The summed E-state index contributed by atoms with van der Waals surface area (Å²) in [6.07, 6.45) is 2.16. The second kappa shape index (κ2) is 6.37. The van der Waals surface area contributed by atoms with Gasteiger partial charge >= 0.3 is 5.97 Å². The molecule has 1 aliphatic rings. The van der Waals surface area contributed by atoms with E-state index in [9.17, 15) is 9.59 Å². The molecule has 1 aliphatic carbocycles. The van der Waals surface area contributed by atoms with Crippen LogP contribution >= 0.6 is 0 Å². The highest BCUT2D eigenvalue weighted by atomic mass is 16.4. The van der Waals surface area contributed by atoms with Gasteiger partial charge in [0.05, 0.1) is 5.92 Å². The molecule has 5 nitrogen and oxygen atoms in total. The van der Waals surface area contributed by atoms with E-state index in [1.807, 2.05) is 20.8 Å². The summed E-state index contributed by atoms with van der Waals surface area (Å²) in [4.78, 5) is 23.0. The van der Waals surface area contributed by atoms with Crippen LogP contribution < -0.4 is 5.32 Å². The lowest BCUT2D eigenvalue weighted by Gasteiger charge is -2.32. The van der Waals surface area contributed by atoms with Crippen molar-refractivity contribution in [2.45, 2.75) is 52.5 Å². The molecule has 110 valence electrons. The first-order valence-electron chi connectivity index (χ1n) is 6.89. The SMILES string of the molecule is CC(C)(C)C(CCO)NC(=O)C1CCC(C(=O)O)C1. The highest BCUT2D eigenvalue weighted by molar-refractivity contribution is 5.81. The summed E-state index contributed by atoms with van der Waals surface area (Å²) >= 11 is 0. The molecule has 0 aliphatic heterocycles. The van der Waals surface area contributed by atoms with Gasteiger partial charge in [-0.1, -0.05) is 20.8 Å². The molecular formula is C14H25NO4. The molecule has 3 atom stereocenters. The first-order valence-corrected chi connectivity index (χ1v) is 6.89. The summed E-state index contributed by atoms with van der Waals surface area (Å²) in [6, 6.07) is -0.0890. The van der Waals surface area contributed by atoms with Crippen molar-refractivity contribution >= 4 is 11.9 Å². The fraction of sp³-hybridized carbons (Fsp3) is 0.857. The van der Waals surface area contributed by atoms with E-state index in [-0.39, 0.29) is 35.8 Å². The molecule has 1 rings (SSSR count). The molecule has 1 amide bonds. The van der Waals surface area contributed by atoms with Gasteiger partial charge in [-0.2, -0.15) is 0 Å². The van der Waals surface area contributed by atoms with Gasteiger partial charge in [-0.15, -0.1) is 0 Å². The van der Waals surface area contributed by atoms with Gasteiger partial charge in [0.15, 0.2) is 0 Å². The molecule has 0 bridgehead atoms. The Morgan fingerprint density at radius 1 is 1.26 bits per heavy atom. The normalized spacial score (nSPS) is 25.1. The van der Waals surface area contributed by atoms with Crippen molar-refractivity contribution in [2.75, 3.05) is 6.61 Å². The molecule has 3 unspecified atom stereocenters. The molecule has 0 saturated heterocycles. The predicted octanol–water partition coefficient (Wildman–Crippen LogP) is 1.40. The Kier molecular flexibility index (Phi) is 5.35. The van der Waals surface area contributed by atoms with Gasteiger partial charge in [-0.05, 0) is 31.1 Å². The number of rotatable bonds is 5. The van der Waals surface area contributed by atoms with E-state index in [1.165, 1.54) is 0 Å². The largest absolute Gasteiger partial charge is 0.481 e. The zero-order chi connectivity index (χ0) is 14.6. The molecular weight excluding hydrogens is 246 g/mol. The quantitative estimate of drug-likeness (QED) is 0.705. The van der Waals surface area contributed by atoms with Crippen molar-refractivity contribution in [2.24, 2.45) is 17.3 Å². The number of carboxylic acids is 1. The zero-order valence-corrected chi connectivity index (χ0v) is 12.0. The molecule has 0 spiro atoms. The third-order valence-electron chi connectivity index (χ3n) is 3.93. The minimum absolute atomic E-state index is 0.0324. The van der Waals surface area contributed by atoms with Crippen LogP contribution in [0.2, 0.25) is 0 Å². The average Bonchev–Trinajstić information content (AvgIpc) is 2.76. The maximum Gasteiger partial charge on any atom is 0.306 e. The number of carbonyl (C=O) groups is 2. The van der Waals surface area contributed by atoms with Crippen LogP contribution in [0, 0.1) is 17.3 Å². The van der Waals surface area contributed by atoms with Crippen molar-refractivity contribution in [3.63, 3.8) is 0 Å². The summed E-state index contributed by atoms with van der Waals surface area (Å²) in [5.74, 6) is -1.47. The van der Waals surface area contributed by atoms with Crippen molar-refractivity contribution < 1.29 is 19.8 Å². The van der Waals surface area contributed by atoms with Crippen LogP contribution in [0.15, 0.2) is 0 Å². The van der Waals surface area contributed by atoms with Crippen molar-refractivity contribution in [1.82, 2.24) is 5.32 Å². The molecule has 0 radical (unpaired) electrons. The highest BCUT2D eigenvalue weighted by Gasteiger charge is 2.35. The summed E-state index contributed by atoms with van der Waals surface area (Å²) in [5, 5.41) is 21.0. The first kappa shape index (κ1) is 16.0. The Hall–Kier alpha value is -1.10. The molecule has 0 aromatic rings. The lowest BCUT2D eigenvalue weighted by atomic mass is 9.84. The number of carbonyl (C=O) groups excluding carboxylic acids is 1. The monoisotopic (exact) mass is 271 g/mol. The van der Waals surface area contributed by atoms with Crippen molar-refractivity contribution in [3.05, 3.63) is 0 Å². The van der Waals surface area contributed by atoms with Crippen LogP contribution in [0.5, 0.6) is 0 Å². The van der Waals surface area contributed by atoms with Gasteiger partial charge in [-0.3, -0.25) is 9.59 Å². The molecule has 0 aromatic carbocycles. The number of hydrogen-bond acceptors (Lipinski definition) is 3. The van der Waals surface area contributed by atoms with Gasteiger partial charge in [0.25, 0.3) is 0 Å². The predicted molar refractivity (Wildman–Crippen MR) is 71.6 cm³/mol. The van der Waals surface area contributed by atoms with Gasteiger partial charge in [0.2, 0.25) is 5.91 Å². The van der Waals surface area contributed by atoms with Gasteiger partial charge in [0, 0.05) is 18.6 Å². The van der Waals surface area contributed by atoms with E-state index in [1.54, 1.807) is 0 Å². The van der Waals surface area contributed by atoms with Crippen LogP contribution in [0.25, 0.3) is 0 Å². The Morgan fingerprint density at radius 3 is 2.26 bits per heavy atom. The highest BCUT2D eigenvalue weighted by Crippen LogP contribution is 2.32. The second-order valence-electron chi connectivity index (χ2n) is 6.48. The Balaban J connectivity index is 2.56. The van der Waals surface area contributed by atoms with E-state index >= 15 is 0 Å². The molecule has 1 saturated carbocycles. The number of amides is 1. The lowest BCUT2D eigenvalue weighted by Crippen LogP contribution is -2.46. The summed E-state index contributed by atoms with van der Waals surface area (Å²) < 4.78 is 0. The van der Waals surface area contributed by atoms with Crippen molar-refractivity contribution in [1.29, 1.82) is 0 Å². The Labute approximate surface area is 114 Å². The van der Waals surface area contributed by atoms with Crippen LogP contribution in [-0.2, 0) is 9.59 Å². The second-order valence-corrected chi connectivity index (χ2v) is 6.48. The third-order valence-corrected chi connectivity index (χ3v) is 3.93. The van der Waals surface area contributed by atoms with Gasteiger partial charge in [0.1, 0.15) is 0 Å². The minimum Gasteiger partial charge on any atom is -0.481 e. The Morgan fingerprint density at radius 2 is 1.84 bits per heavy atom. The summed E-state index contributed by atoms with van der Waals surface area (Å²) in [5.41, 5.74) is -0.122. The maximum atomic E-state index is 12.2. The number of nitrogens with one attached hydrogen (secondary N) is 1. The fourth-order valence-corrected chi connectivity index (χ4v) is 2.58. The molecule has 0 aromatic heterocycles. The van der Waals surface area contributed by atoms with Crippen LogP contribution in [0.3, 0.4) is 0 Å². The minimum atomic E-state index is -0.807. The van der Waals surface area contributed by atoms with E-state index in [4.69, 9.17) is 10.2 Å². The number of aliphatic carboxylic acids is 1. The first-order chi connectivity index (χ1) is 8.75. The molecule has 0 heterocycles. The fourth-order valence-electron chi connectivity index (χ4n) is 2.58. The van der Waals surface area contributed by atoms with E-state index in [0.717, 1.165) is 0 Å². The standard InChI is InChI=1S/C14H25NO4/c1-14(2,3)11(6-7-16)15-12(17)9-4-5-10(8-9)13(18)19/h9-11,16H,4-8H2,1-3H3,(H,15,17)(H,18,19). The van der Waals surface area contributed by atoms with Gasteiger partial charge in [-0.25, -0.2) is 0 Å². The number of carboxylic acid groups (broad SMARTS) is 1.